The molecule has 150 heavy (non-hydrogen) atoms. The van der Waals surface area contributed by atoms with Crippen molar-refractivity contribution >= 4 is 133 Å². The first-order valence-electron chi connectivity index (χ1n) is 52.1. The first-order valence-corrected chi connectivity index (χ1v) is 52.1. The van der Waals surface area contributed by atoms with Crippen LogP contribution in [0.4, 0.5) is 68.2 Å². The molecule has 0 unspecified atom stereocenters. The zero-order chi connectivity index (χ0) is 101. The van der Waals surface area contributed by atoms with E-state index in [0.29, 0.717) is 0 Å². The highest BCUT2D eigenvalue weighted by molar-refractivity contribution is 6.30. The summed E-state index contributed by atoms with van der Waals surface area (Å²) in [4.78, 5) is 10.3. The van der Waals surface area contributed by atoms with E-state index in [1.807, 2.05) is 0 Å². The fourth-order valence-electron chi connectivity index (χ4n) is 23.7. The molecule has 0 N–H and O–H groups in total. The van der Waals surface area contributed by atoms with Gasteiger partial charge in [-0.15, -0.1) is 0 Å². The molecule has 0 aliphatic carbocycles. The number of rotatable bonds is 23. The van der Waals surface area contributed by atoms with E-state index < -0.39 is 0 Å². The molecule has 0 heterocycles. The van der Waals surface area contributed by atoms with Crippen LogP contribution in [-0.4, -0.2) is 0 Å². The SMILES string of the molecule is Cc1ccc(-c2ccccc2)cc1N(c1cccc(-c2ccccc2)c1C)c1ccc2ccc3c(N(c4cc(-c5cccc(-c6cccc(-c7ccc(-c8ccccc8)c(N(c8cccc(-c9ccccc9)c8C)c8ccc9ccc%10c(N(c%11cc(-c%12ccccc%12)ccc%11-c%11ccccc%11)c%11cccc(-c%12ccccc%12)c%11C)ccc%11ccc8c9c%11%10)c7)c6)c5)ccc4C)c4cccc(-c5ccccc5)c4C)ccc4ccc1c2c43. The van der Waals surface area contributed by atoms with E-state index in [1.165, 1.54) is 126 Å². The van der Waals surface area contributed by atoms with Crippen LogP contribution in [0.3, 0.4) is 0 Å². The molecule has 4 heteroatoms. The van der Waals surface area contributed by atoms with Crippen LogP contribution in [0.2, 0.25) is 0 Å². The van der Waals surface area contributed by atoms with Gasteiger partial charge in [-0.2, -0.15) is 0 Å². The molecule has 710 valence electrons. The minimum atomic E-state index is 1.05. The lowest BCUT2D eigenvalue weighted by atomic mass is 9.90. The Hall–Kier alpha value is -19.0. The molecule has 0 aliphatic rings. The Bertz CT molecular complexity index is 9620. The second-order valence-electron chi connectivity index (χ2n) is 39.9. The molecule has 0 bridgehead atoms. The minimum Gasteiger partial charge on any atom is -0.309 e. The zero-order valence-electron chi connectivity index (χ0n) is 84.6. The Morgan fingerprint density at radius 2 is 0.307 bits per heavy atom. The van der Waals surface area contributed by atoms with E-state index >= 15 is 0 Å². The topological polar surface area (TPSA) is 13.0 Å². The maximum Gasteiger partial charge on any atom is 0.0546 e. The van der Waals surface area contributed by atoms with Crippen molar-refractivity contribution in [2.24, 2.45) is 0 Å². The van der Waals surface area contributed by atoms with Crippen LogP contribution in [0.5, 0.6) is 0 Å². The van der Waals surface area contributed by atoms with Crippen molar-refractivity contribution in [1.29, 1.82) is 0 Å². The van der Waals surface area contributed by atoms with Crippen molar-refractivity contribution in [3.8, 4) is 122 Å². The molecule has 26 rings (SSSR count). The fraction of sp³-hybridized carbons (Fsp3) is 0.0411. The second kappa shape index (κ2) is 38.5. The average Bonchev–Trinajstić information content (AvgIpc) is 0.715. The van der Waals surface area contributed by atoms with Crippen molar-refractivity contribution in [3.63, 3.8) is 0 Å². The summed E-state index contributed by atoms with van der Waals surface area (Å²) < 4.78 is 0. The Morgan fingerprint density at radius 3 is 0.567 bits per heavy atom. The molecule has 0 radical (unpaired) electrons. The van der Waals surface area contributed by atoms with Gasteiger partial charge in [-0.25, -0.2) is 0 Å². The third-order valence-corrected chi connectivity index (χ3v) is 31.2. The van der Waals surface area contributed by atoms with Crippen molar-refractivity contribution in [2.75, 3.05) is 19.6 Å². The molecule has 0 amide bonds. The van der Waals surface area contributed by atoms with Crippen LogP contribution in [0, 0.1) is 41.5 Å². The summed E-state index contributed by atoms with van der Waals surface area (Å²) in [5, 5.41) is 14.2. The van der Waals surface area contributed by atoms with Gasteiger partial charge in [-0.05, 0) is 314 Å². The molecule has 0 saturated heterocycles. The first kappa shape index (κ1) is 91.0. The third kappa shape index (κ3) is 16.2. The third-order valence-electron chi connectivity index (χ3n) is 31.2. The Kier molecular flexibility index (Phi) is 23.4. The Balaban J connectivity index is 0.615. The first-order chi connectivity index (χ1) is 73.9. The van der Waals surface area contributed by atoms with Gasteiger partial charge in [0.2, 0.25) is 0 Å². The monoisotopic (exact) mass is 1910 g/mol. The molecule has 0 spiro atoms. The number of hydrogen-bond donors (Lipinski definition) is 0. The normalized spacial score (nSPS) is 11.5. The molecule has 26 aromatic carbocycles. The lowest BCUT2D eigenvalue weighted by Crippen LogP contribution is -2.14. The van der Waals surface area contributed by atoms with Crippen LogP contribution < -0.4 is 19.6 Å². The summed E-state index contributed by atoms with van der Waals surface area (Å²) in [6.07, 6.45) is 0. The van der Waals surface area contributed by atoms with E-state index in [-0.39, 0.29) is 0 Å². The van der Waals surface area contributed by atoms with Crippen molar-refractivity contribution in [2.45, 2.75) is 41.5 Å². The molecular weight excluding hydrogens is 1810 g/mol. The number of benzene rings is 26. The van der Waals surface area contributed by atoms with Crippen molar-refractivity contribution < 1.29 is 0 Å². The van der Waals surface area contributed by atoms with Crippen LogP contribution in [0.15, 0.2) is 534 Å². The van der Waals surface area contributed by atoms with Crippen LogP contribution in [0.25, 0.3) is 187 Å². The Labute approximate surface area is 877 Å². The number of aryl methyl sites for hydroxylation is 2. The van der Waals surface area contributed by atoms with Gasteiger partial charge in [0.15, 0.2) is 0 Å². The minimum absolute atomic E-state index is 1.05. The fourth-order valence-corrected chi connectivity index (χ4v) is 23.7. The van der Waals surface area contributed by atoms with E-state index in [0.717, 1.165) is 162 Å². The second-order valence-corrected chi connectivity index (χ2v) is 39.9. The summed E-state index contributed by atoms with van der Waals surface area (Å²) in [5.74, 6) is 0. The summed E-state index contributed by atoms with van der Waals surface area (Å²) in [6, 6.07) is 199. The lowest BCUT2D eigenvalue weighted by Gasteiger charge is -2.33. The summed E-state index contributed by atoms with van der Waals surface area (Å²) in [6.45, 7) is 13.8. The van der Waals surface area contributed by atoms with Gasteiger partial charge < -0.3 is 19.6 Å². The van der Waals surface area contributed by atoms with Crippen LogP contribution in [-0.2, 0) is 0 Å². The summed E-state index contributed by atoms with van der Waals surface area (Å²) >= 11 is 0. The number of anilines is 12. The van der Waals surface area contributed by atoms with Gasteiger partial charge in [-0.3, -0.25) is 0 Å². The quantitative estimate of drug-likeness (QED) is 0.0592. The highest BCUT2D eigenvalue weighted by atomic mass is 15.2. The predicted molar refractivity (Wildman–Crippen MR) is 641 cm³/mol. The predicted octanol–water partition coefficient (Wildman–Crippen LogP) is 41.5. The van der Waals surface area contributed by atoms with Crippen LogP contribution >= 0.6 is 0 Å². The van der Waals surface area contributed by atoms with E-state index in [2.05, 4.69) is 595 Å². The van der Waals surface area contributed by atoms with E-state index in [4.69, 9.17) is 0 Å². The maximum absolute atomic E-state index is 2.59. The molecule has 26 aromatic rings. The standard InChI is InChI=1S/C146H106N4/c1-95-65-67-117(101-37-15-7-16-38-101)91-139(95)147(131-61-33-57-121(97(131)3)103-41-19-9-20-42-103)135-85-75-109-70-82-128-136(86-76-110-69-81-127(135)143(109)144(110)128)148(132-62-34-58-122(98(132)4)104-43-21-10-22-44-104)140-92-119(68-66-96(140)2)115-55-31-53-113(89-115)114-54-32-56-116(90-114)120-74-80-126(108-51-29-14-30-52-108)142(94-120)150(134-64-36-60-124(100(134)6)106-47-25-12-26-48-106)138-88-78-112-71-83-129-137(87-77-111-72-84-130(138)146(112)145(111)129)149(133-63-35-59-123(99(133)5)105-45-23-11-24-46-105)141-93-118(102-39-17-8-18-40-102)73-79-125(141)107-49-27-13-28-50-107/h7-94H,1-6H3. The van der Waals surface area contributed by atoms with Crippen molar-refractivity contribution in [1.82, 2.24) is 0 Å². The van der Waals surface area contributed by atoms with Crippen molar-refractivity contribution in [3.05, 3.63) is 567 Å². The molecule has 0 saturated carbocycles. The number of hydrogen-bond acceptors (Lipinski definition) is 4. The Morgan fingerprint density at radius 1 is 0.113 bits per heavy atom. The molecule has 0 aromatic heterocycles. The van der Waals surface area contributed by atoms with Gasteiger partial charge in [0.1, 0.15) is 0 Å². The molecular formula is C146H106N4. The lowest BCUT2D eigenvalue weighted by molar-refractivity contribution is 1.23. The van der Waals surface area contributed by atoms with Gasteiger partial charge in [0, 0.05) is 66.8 Å². The van der Waals surface area contributed by atoms with Gasteiger partial charge in [-0.1, -0.05) is 449 Å². The highest BCUT2D eigenvalue weighted by Gasteiger charge is 2.32. The van der Waals surface area contributed by atoms with Gasteiger partial charge in [0.25, 0.3) is 0 Å². The molecule has 0 atom stereocenters. The average molecular weight is 1920 g/mol. The van der Waals surface area contributed by atoms with Gasteiger partial charge >= 0.3 is 0 Å². The largest absolute Gasteiger partial charge is 0.309 e. The molecule has 0 aliphatic heterocycles. The van der Waals surface area contributed by atoms with E-state index in [1.54, 1.807) is 0 Å². The number of nitrogens with zero attached hydrogens (tertiary/aromatic N) is 4. The van der Waals surface area contributed by atoms with Crippen LogP contribution in [0.1, 0.15) is 33.4 Å². The summed E-state index contributed by atoms with van der Waals surface area (Å²) in [7, 11) is 0. The van der Waals surface area contributed by atoms with E-state index in [9.17, 15) is 0 Å². The smallest absolute Gasteiger partial charge is 0.0546 e. The molecule has 4 nitrogen and oxygen atoms in total. The molecule has 0 fully saturated rings. The zero-order valence-corrected chi connectivity index (χ0v) is 84.6. The maximum atomic E-state index is 2.59. The highest BCUT2D eigenvalue weighted by Crippen LogP contribution is 2.57. The van der Waals surface area contributed by atoms with Gasteiger partial charge in [0.05, 0.1) is 34.1 Å². The summed E-state index contributed by atoms with van der Waals surface area (Å²) in [5.41, 5.74) is 45.4.